The first-order valence-electron chi connectivity index (χ1n) is 5.68. The summed E-state index contributed by atoms with van der Waals surface area (Å²) >= 11 is 0. The van der Waals surface area contributed by atoms with Gasteiger partial charge in [-0.3, -0.25) is 0 Å². The summed E-state index contributed by atoms with van der Waals surface area (Å²) in [7, 11) is 0. The second kappa shape index (κ2) is 4.23. The zero-order chi connectivity index (χ0) is 10.8. The van der Waals surface area contributed by atoms with E-state index < -0.39 is 0 Å². The van der Waals surface area contributed by atoms with Gasteiger partial charge in [0.05, 0.1) is 6.10 Å². The molecule has 0 saturated heterocycles. The number of fused-ring (bicyclic) bond motifs is 1. The summed E-state index contributed by atoms with van der Waals surface area (Å²) in [5, 5.41) is 9.82. The Bertz CT molecular complexity index is 372. The molecule has 1 unspecified atom stereocenters. The summed E-state index contributed by atoms with van der Waals surface area (Å²) in [6.07, 6.45) is 7.21. The average Bonchev–Trinajstić information content (AvgIpc) is 2.59. The van der Waals surface area contributed by atoms with Crippen LogP contribution in [-0.4, -0.2) is 9.67 Å². The fourth-order valence-electron chi connectivity index (χ4n) is 2.18. The van der Waals surface area contributed by atoms with Gasteiger partial charge in [-0.05, 0) is 39.2 Å². The van der Waals surface area contributed by atoms with Crippen molar-refractivity contribution in [1.29, 1.82) is 0 Å². The Morgan fingerprint density at radius 3 is 3.13 bits per heavy atom. The monoisotopic (exact) mass is 205 g/mol. The van der Waals surface area contributed by atoms with Crippen LogP contribution in [0.1, 0.15) is 44.1 Å². The van der Waals surface area contributed by atoms with Crippen molar-refractivity contribution in [1.82, 2.24) is 4.57 Å². The molecular formula is C13H19NO. The maximum atomic E-state index is 9.82. The fraction of sp³-hybridized carbons (Fsp3) is 0.538. The molecule has 1 heterocycles. The van der Waals surface area contributed by atoms with Crippen molar-refractivity contribution in [2.45, 2.75) is 45.8 Å². The lowest BCUT2D eigenvalue weighted by atomic mass is 9.95. The third-order valence-electron chi connectivity index (χ3n) is 3.06. The number of aromatic nitrogens is 1. The number of hydrogen-bond acceptors (Lipinski definition) is 1. The maximum absolute atomic E-state index is 9.82. The van der Waals surface area contributed by atoms with Crippen molar-refractivity contribution >= 4 is 0 Å². The molecule has 0 radical (unpaired) electrons. The van der Waals surface area contributed by atoms with Crippen LogP contribution in [0.3, 0.4) is 0 Å². The van der Waals surface area contributed by atoms with E-state index in [0.29, 0.717) is 0 Å². The highest BCUT2D eigenvalue weighted by Crippen LogP contribution is 2.30. The second-order valence-electron chi connectivity index (χ2n) is 4.56. The number of hydrogen-bond donors (Lipinski definition) is 1. The van der Waals surface area contributed by atoms with Crippen LogP contribution >= 0.6 is 0 Å². The maximum Gasteiger partial charge on any atom is 0.0807 e. The van der Waals surface area contributed by atoms with Gasteiger partial charge in [-0.1, -0.05) is 11.6 Å². The summed E-state index contributed by atoms with van der Waals surface area (Å²) in [6.45, 7) is 5.17. The van der Waals surface area contributed by atoms with Gasteiger partial charge >= 0.3 is 0 Å². The predicted octanol–water partition coefficient (Wildman–Crippen LogP) is 2.82. The molecular weight excluding hydrogens is 186 g/mol. The van der Waals surface area contributed by atoms with E-state index in [2.05, 4.69) is 36.8 Å². The van der Waals surface area contributed by atoms with Crippen molar-refractivity contribution in [2.75, 3.05) is 0 Å². The lowest BCUT2D eigenvalue weighted by Gasteiger charge is -2.19. The molecule has 1 aromatic heterocycles. The van der Waals surface area contributed by atoms with Gasteiger partial charge in [-0.15, -0.1) is 0 Å². The topological polar surface area (TPSA) is 25.2 Å². The normalized spacial score (nSPS) is 19.8. The Balaban J connectivity index is 2.23. The highest BCUT2D eigenvalue weighted by atomic mass is 16.3. The minimum absolute atomic E-state index is 0.235. The summed E-state index contributed by atoms with van der Waals surface area (Å²) in [6, 6.07) is 2.07. The minimum atomic E-state index is -0.235. The molecule has 2 nitrogen and oxygen atoms in total. The number of rotatable bonds is 2. The SMILES string of the molecule is CC(C)=CCn1ccc2c1CCCC2O. The smallest absolute Gasteiger partial charge is 0.0807 e. The Kier molecular flexibility index (Phi) is 2.96. The summed E-state index contributed by atoms with van der Waals surface area (Å²) in [4.78, 5) is 0. The van der Waals surface area contributed by atoms with Gasteiger partial charge in [0, 0.05) is 24.0 Å². The van der Waals surface area contributed by atoms with Crippen molar-refractivity contribution < 1.29 is 5.11 Å². The summed E-state index contributed by atoms with van der Waals surface area (Å²) in [5.74, 6) is 0. The summed E-state index contributed by atoms with van der Waals surface area (Å²) < 4.78 is 2.25. The zero-order valence-electron chi connectivity index (χ0n) is 9.53. The van der Waals surface area contributed by atoms with Gasteiger partial charge in [0.1, 0.15) is 0 Å². The molecule has 0 saturated carbocycles. The van der Waals surface area contributed by atoms with Crippen LogP contribution in [0, 0.1) is 0 Å². The van der Waals surface area contributed by atoms with Crippen molar-refractivity contribution in [3.63, 3.8) is 0 Å². The highest BCUT2D eigenvalue weighted by Gasteiger charge is 2.20. The van der Waals surface area contributed by atoms with Crippen LogP contribution in [0.15, 0.2) is 23.9 Å². The zero-order valence-corrected chi connectivity index (χ0v) is 9.53. The van der Waals surface area contributed by atoms with E-state index in [9.17, 15) is 5.11 Å². The van der Waals surface area contributed by atoms with Crippen LogP contribution in [0.2, 0.25) is 0 Å². The van der Waals surface area contributed by atoms with Gasteiger partial charge in [0.25, 0.3) is 0 Å². The largest absolute Gasteiger partial charge is 0.388 e. The Morgan fingerprint density at radius 1 is 1.60 bits per heavy atom. The second-order valence-corrected chi connectivity index (χ2v) is 4.56. The number of allylic oxidation sites excluding steroid dienone is 2. The van der Waals surface area contributed by atoms with Gasteiger partial charge in [-0.25, -0.2) is 0 Å². The number of aliphatic hydroxyl groups is 1. The third-order valence-corrected chi connectivity index (χ3v) is 3.06. The number of aliphatic hydroxyl groups excluding tert-OH is 1. The molecule has 0 aromatic carbocycles. The van der Waals surface area contributed by atoms with Crippen LogP contribution in [-0.2, 0) is 13.0 Å². The van der Waals surface area contributed by atoms with E-state index in [4.69, 9.17) is 0 Å². The molecule has 1 atom stereocenters. The molecule has 82 valence electrons. The standard InChI is InChI=1S/C13H19NO/c1-10(2)6-8-14-9-7-11-12(14)4-3-5-13(11)15/h6-7,9,13,15H,3-5,8H2,1-2H3. The van der Waals surface area contributed by atoms with E-state index in [0.717, 1.165) is 31.4 Å². The molecule has 2 rings (SSSR count). The van der Waals surface area contributed by atoms with Gasteiger partial charge in [0.2, 0.25) is 0 Å². The molecule has 0 bridgehead atoms. The molecule has 1 aliphatic carbocycles. The molecule has 0 amide bonds. The molecule has 0 fully saturated rings. The average molecular weight is 205 g/mol. The molecule has 0 aliphatic heterocycles. The molecule has 2 heteroatoms. The van der Waals surface area contributed by atoms with Crippen molar-refractivity contribution in [3.05, 3.63) is 35.2 Å². The molecule has 1 N–H and O–H groups in total. The Hall–Kier alpha value is -1.02. The lowest BCUT2D eigenvalue weighted by molar-refractivity contribution is 0.156. The minimum Gasteiger partial charge on any atom is -0.388 e. The van der Waals surface area contributed by atoms with Gasteiger partial charge < -0.3 is 9.67 Å². The summed E-state index contributed by atoms with van der Waals surface area (Å²) in [5.41, 5.74) is 3.81. The van der Waals surface area contributed by atoms with Gasteiger partial charge in [-0.2, -0.15) is 0 Å². The van der Waals surface area contributed by atoms with Crippen LogP contribution in [0.4, 0.5) is 0 Å². The van der Waals surface area contributed by atoms with Crippen LogP contribution in [0.5, 0.6) is 0 Å². The fourth-order valence-corrected chi connectivity index (χ4v) is 2.18. The Morgan fingerprint density at radius 2 is 2.40 bits per heavy atom. The van der Waals surface area contributed by atoms with Crippen molar-refractivity contribution in [2.24, 2.45) is 0 Å². The Labute approximate surface area is 91.2 Å². The first-order valence-corrected chi connectivity index (χ1v) is 5.68. The van der Waals surface area contributed by atoms with E-state index in [1.165, 1.54) is 11.3 Å². The lowest BCUT2D eigenvalue weighted by Crippen LogP contribution is -2.11. The first-order chi connectivity index (χ1) is 7.18. The molecule has 1 aromatic rings. The molecule has 1 aliphatic rings. The third kappa shape index (κ3) is 2.15. The predicted molar refractivity (Wildman–Crippen MR) is 61.8 cm³/mol. The molecule has 15 heavy (non-hydrogen) atoms. The van der Waals surface area contributed by atoms with E-state index in [-0.39, 0.29) is 6.10 Å². The van der Waals surface area contributed by atoms with Gasteiger partial charge in [0.15, 0.2) is 0 Å². The quantitative estimate of drug-likeness (QED) is 0.738. The molecule has 0 spiro atoms. The van der Waals surface area contributed by atoms with Crippen LogP contribution in [0.25, 0.3) is 0 Å². The van der Waals surface area contributed by atoms with E-state index >= 15 is 0 Å². The van der Waals surface area contributed by atoms with E-state index in [1.807, 2.05) is 0 Å². The van der Waals surface area contributed by atoms with Crippen LogP contribution < -0.4 is 0 Å². The number of nitrogens with zero attached hydrogens (tertiary/aromatic N) is 1. The highest BCUT2D eigenvalue weighted by molar-refractivity contribution is 5.27. The van der Waals surface area contributed by atoms with Crippen molar-refractivity contribution in [3.8, 4) is 0 Å². The first kappa shape index (κ1) is 10.5. The van der Waals surface area contributed by atoms with E-state index in [1.54, 1.807) is 0 Å².